The molecule has 0 aromatic heterocycles. The summed E-state index contributed by atoms with van der Waals surface area (Å²) in [5.41, 5.74) is 1.03. The number of nitrogens with one attached hydrogen (secondary N) is 1. The second-order valence-corrected chi connectivity index (χ2v) is 6.56. The van der Waals surface area contributed by atoms with Crippen molar-refractivity contribution >= 4 is 23.4 Å². The first-order valence-corrected chi connectivity index (χ1v) is 8.50. The monoisotopic (exact) mass is 376 g/mol. The average Bonchev–Trinajstić information content (AvgIpc) is 2.94. The molecule has 26 heavy (non-hydrogen) atoms. The lowest BCUT2D eigenvalue weighted by Crippen LogP contribution is -2.37. The van der Waals surface area contributed by atoms with Crippen molar-refractivity contribution in [2.24, 2.45) is 0 Å². The number of benzene rings is 2. The van der Waals surface area contributed by atoms with Crippen LogP contribution in [0, 0.1) is 5.82 Å². The van der Waals surface area contributed by atoms with Crippen LogP contribution in [0.5, 0.6) is 5.75 Å². The van der Waals surface area contributed by atoms with Gasteiger partial charge < -0.3 is 15.0 Å². The molecule has 1 saturated heterocycles. The van der Waals surface area contributed by atoms with E-state index in [2.05, 4.69) is 5.32 Å². The largest absolute Gasteiger partial charge is 0.496 e. The Bertz CT molecular complexity index is 843. The second-order valence-electron chi connectivity index (χ2n) is 6.12. The Labute approximate surface area is 155 Å². The van der Waals surface area contributed by atoms with Crippen LogP contribution in [0.15, 0.2) is 42.5 Å². The van der Waals surface area contributed by atoms with E-state index >= 15 is 0 Å². The molecule has 0 bridgehead atoms. The predicted octanol–water partition coefficient (Wildman–Crippen LogP) is 3.02. The zero-order chi connectivity index (χ0) is 18.7. The maximum Gasteiger partial charge on any atom is 0.255 e. The number of carbonyl (C=O) groups is 2. The summed E-state index contributed by atoms with van der Waals surface area (Å²) < 4.78 is 18.5. The van der Waals surface area contributed by atoms with Gasteiger partial charge in [-0.25, -0.2) is 4.39 Å². The number of methoxy groups -OCH3 is 1. The van der Waals surface area contributed by atoms with E-state index in [1.165, 1.54) is 25.3 Å². The average molecular weight is 377 g/mol. The van der Waals surface area contributed by atoms with Gasteiger partial charge in [-0.15, -0.1) is 0 Å². The van der Waals surface area contributed by atoms with E-state index in [-0.39, 0.29) is 30.1 Å². The van der Waals surface area contributed by atoms with Gasteiger partial charge in [-0.3, -0.25) is 9.59 Å². The van der Waals surface area contributed by atoms with Gasteiger partial charge in [0.1, 0.15) is 11.6 Å². The molecule has 1 aliphatic rings. The normalized spacial score (nSPS) is 16.7. The molecule has 2 amide bonds. The van der Waals surface area contributed by atoms with Crippen molar-refractivity contribution in [3.63, 3.8) is 0 Å². The Morgan fingerprint density at radius 2 is 2.15 bits per heavy atom. The Balaban J connectivity index is 1.66. The molecule has 1 aliphatic heterocycles. The molecule has 0 unspecified atom stereocenters. The highest BCUT2D eigenvalue weighted by atomic mass is 35.5. The smallest absolute Gasteiger partial charge is 0.255 e. The SMILES string of the molecule is COc1ccc(Cl)cc1C(=O)N[C@@H]1CC(=O)N(Cc2cccc(F)c2)C1. The minimum absolute atomic E-state index is 0.0855. The maximum atomic E-state index is 13.3. The summed E-state index contributed by atoms with van der Waals surface area (Å²) in [7, 11) is 1.47. The molecule has 2 aromatic rings. The molecule has 3 rings (SSSR count). The van der Waals surface area contributed by atoms with Crippen molar-refractivity contribution in [1.82, 2.24) is 10.2 Å². The lowest BCUT2D eigenvalue weighted by molar-refractivity contribution is -0.128. The fraction of sp³-hybridized carbons (Fsp3) is 0.263. The number of ether oxygens (including phenoxy) is 1. The highest BCUT2D eigenvalue weighted by Crippen LogP contribution is 2.23. The van der Waals surface area contributed by atoms with Crippen molar-refractivity contribution in [3.05, 3.63) is 64.4 Å². The van der Waals surface area contributed by atoms with Crippen molar-refractivity contribution in [3.8, 4) is 5.75 Å². The van der Waals surface area contributed by atoms with Gasteiger partial charge in [-0.2, -0.15) is 0 Å². The van der Waals surface area contributed by atoms with Crippen LogP contribution < -0.4 is 10.1 Å². The number of carbonyl (C=O) groups excluding carboxylic acids is 2. The topological polar surface area (TPSA) is 58.6 Å². The summed E-state index contributed by atoms with van der Waals surface area (Å²) in [4.78, 5) is 26.3. The van der Waals surface area contributed by atoms with E-state index in [0.29, 0.717) is 35.0 Å². The summed E-state index contributed by atoms with van der Waals surface area (Å²) in [5, 5.41) is 3.26. The second kappa shape index (κ2) is 7.74. The molecule has 1 N–H and O–H groups in total. The standard InChI is InChI=1S/C19H18ClFN2O3/c1-26-17-6-5-13(20)8-16(17)19(25)22-15-9-18(24)23(11-15)10-12-3-2-4-14(21)7-12/h2-8,15H,9-11H2,1H3,(H,22,25)/t15-/m1/s1. The van der Waals surface area contributed by atoms with E-state index in [1.807, 2.05) is 0 Å². The van der Waals surface area contributed by atoms with Crippen LogP contribution in [0.25, 0.3) is 0 Å². The van der Waals surface area contributed by atoms with Gasteiger partial charge in [0, 0.05) is 24.5 Å². The number of hydrogen-bond donors (Lipinski definition) is 1. The van der Waals surface area contributed by atoms with Crippen molar-refractivity contribution in [1.29, 1.82) is 0 Å². The third-order valence-electron chi connectivity index (χ3n) is 4.22. The van der Waals surface area contributed by atoms with Gasteiger partial charge in [0.25, 0.3) is 5.91 Å². The van der Waals surface area contributed by atoms with Gasteiger partial charge in [0.2, 0.25) is 5.91 Å². The zero-order valence-corrected chi connectivity index (χ0v) is 14.9. The quantitative estimate of drug-likeness (QED) is 0.872. The van der Waals surface area contributed by atoms with Crippen molar-refractivity contribution in [2.75, 3.05) is 13.7 Å². The molecular weight excluding hydrogens is 359 g/mol. The first kappa shape index (κ1) is 18.2. The summed E-state index contributed by atoms with van der Waals surface area (Å²) in [6.07, 6.45) is 0.198. The van der Waals surface area contributed by atoms with E-state index in [0.717, 1.165) is 0 Å². The molecule has 1 fully saturated rings. The molecule has 0 spiro atoms. The van der Waals surface area contributed by atoms with Crippen LogP contribution in [0.1, 0.15) is 22.3 Å². The van der Waals surface area contributed by atoms with Gasteiger partial charge in [0.15, 0.2) is 0 Å². The van der Waals surface area contributed by atoms with Gasteiger partial charge >= 0.3 is 0 Å². The van der Waals surface area contributed by atoms with Crippen LogP contribution in [0.3, 0.4) is 0 Å². The first-order chi connectivity index (χ1) is 12.5. The van der Waals surface area contributed by atoms with Crippen LogP contribution in [0.4, 0.5) is 4.39 Å². The van der Waals surface area contributed by atoms with E-state index in [4.69, 9.17) is 16.3 Å². The Morgan fingerprint density at radius 1 is 1.35 bits per heavy atom. The third-order valence-corrected chi connectivity index (χ3v) is 4.45. The van der Waals surface area contributed by atoms with E-state index in [9.17, 15) is 14.0 Å². The lowest BCUT2D eigenvalue weighted by atomic mass is 10.1. The predicted molar refractivity (Wildman–Crippen MR) is 95.7 cm³/mol. The molecule has 5 nitrogen and oxygen atoms in total. The minimum Gasteiger partial charge on any atom is -0.496 e. The fourth-order valence-electron chi connectivity index (χ4n) is 3.00. The molecule has 136 valence electrons. The molecule has 0 saturated carbocycles. The molecule has 1 heterocycles. The van der Waals surface area contributed by atoms with Gasteiger partial charge in [-0.05, 0) is 35.9 Å². The molecule has 0 aliphatic carbocycles. The molecule has 1 atom stereocenters. The summed E-state index contributed by atoms with van der Waals surface area (Å²) >= 11 is 5.96. The van der Waals surface area contributed by atoms with E-state index in [1.54, 1.807) is 29.2 Å². The number of halogens is 2. The summed E-state index contributed by atoms with van der Waals surface area (Å²) in [6.45, 7) is 0.674. The van der Waals surface area contributed by atoms with Crippen molar-refractivity contribution in [2.45, 2.75) is 19.0 Å². The summed E-state index contributed by atoms with van der Waals surface area (Å²) in [5.74, 6) is -0.368. The third kappa shape index (κ3) is 4.14. The molecule has 2 aromatic carbocycles. The zero-order valence-electron chi connectivity index (χ0n) is 14.2. The number of amides is 2. The van der Waals surface area contributed by atoms with Crippen LogP contribution in [0.2, 0.25) is 5.02 Å². The van der Waals surface area contributed by atoms with E-state index < -0.39 is 0 Å². The molecule has 7 heteroatoms. The number of rotatable bonds is 5. The minimum atomic E-state index is -0.352. The molecule has 0 radical (unpaired) electrons. The maximum absolute atomic E-state index is 13.3. The van der Waals surface area contributed by atoms with Gasteiger partial charge in [0.05, 0.1) is 18.7 Å². The Kier molecular flexibility index (Phi) is 5.42. The highest BCUT2D eigenvalue weighted by molar-refractivity contribution is 6.31. The van der Waals surface area contributed by atoms with Gasteiger partial charge in [-0.1, -0.05) is 23.7 Å². The fourth-order valence-corrected chi connectivity index (χ4v) is 3.17. The highest BCUT2D eigenvalue weighted by Gasteiger charge is 2.31. The first-order valence-electron chi connectivity index (χ1n) is 8.13. The van der Waals surface area contributed by atoms with Crippen LogP contribution in [-0.4, -0.2) is 36.4 Å². The number of hydrogen-bond acceptors (Lipinski definition) is 3. The number of likely N-dealkylation sites (tertiary alicyclic amines) is 1. The Morgan fingerprint density at radius 3 is 2.88 bits per heavy atom. The lowest BCUT2D eigenvalue weighted by Gasteiger charge is -2.18. The van der Waals surface area contributed by atoms with Crippen molar-refractivity contribution < 1.29 is 18.7 Å². The van der Waals surface area contributed by atoms with Crippen LogP contribution in [-0.2, 0) is 11.3 Å². The molecular formula is C19H18ClFN2O3. The summed E-state index contributed by atoms with van der Waals surface area (Å²) in [6, 6.07) is 10.6. The Hall–Kier alpha value is -2.60. The number of nitrogens with zero attached hydrogens (tertiary/aromatic N) is 1. The van der Waals surface area contributed by atoms with Crippen LogP contribution >= 0.6 is 11.6 Å².